The molecule has 0 N–H and O–H groups in total. The average molecular weight is 325 g/mol. The summed E-state index contributed by atoms with van der Waals surface area (Å²) in [5.41, 5.74) is 0.959. The van der Waals surface area contributed by atoms with Crippen LogP contribution in [-0.2, 0) is 9.05 Å². The molecule has 0 fully saturated rings. The number of benzene rings is 1. The van der Waals surface area contributed by atoms with E-state index in [1.165, 1.54) is 0 Å². The van der Waals surface area contributed by atoms with Gasteiger partial charge in [-0.05, 0) is 30.5 Å². The van der Waals surface area contributed by atoms with Crippen molar-refractivity contribution in [3.05, 3.63) is 28.8 Å². The Labute approximate surface area is 124 Å². The molecule has 0 amide bonds. The molecule has 1 aromatic carbocycles. The minimum absolute atomic E-state index is 0.0914. The molecule has 0 aliphatic carbocycles. The molecule has 0 aliphatic rings. The fraction of sp³-hybridized carbons (Fsp3) is 0.538. The third-order valence-corrected chi connectivity index (χ3v) is 4.40. The Morgan fingerprint density at radius 1 is 1.32 bits per heavy atom. The number of hydrogen-bond acceptors (Lipinski definition) is 3. The fourth-order valence-corrected chi connectivity index (χ4v) is 3.26. The average Bonchev–Trinajstić information content (AvgIpc) is 2.26. The molecule has 0 saturated carbocycles. The number of halogens is 2. The SMILES string of the molecule is Cc1ccc(Cl)cc1OCC(CS(=O)(=O)Cl)C(C)C. The highest BCUT2D eigenvalue weighted by Crippen LogP contribution is 2.24. The van der Waals surface area contributed by atoms with E-state index in [4.69, 9.17) is 27.0 Å². The smallest absolute Gasteiger partial charge is 0.233 e. The lowest BCUT2D eigenvalue weighted by atomic mass is 9.99. The van der Waals surface area contributed by atoms with Crippen LogP contribution in [0.4, 0.5) is 0 Å². The van der Waals surface area contributed by atoms with Crippen molar-refractivity contribution in [3.8, 4) is 5.75 Å². The Kier molecular flexibility index (Phi) is 5.96. The zero-order valence-electron chi connectivity index (χ0n) is 11.2. The van der Waals surface area contributed by atoms with Gasteiger partial charge in [0.05, 0.1) is 12.4 Å². The zero-order chi connectivity index (χ0) is 14.6. The monoisotopic (exact) mass is 324 g/mol. The second-order valence-corrected chi connectivity index (χ2v) is 8.19. The molecule has 1 rings (SSSR count). The van der Waals surface area contributed by atoms with Crippen LogP contribution in [-0.4, -0.2) is 20.8 Å². The molecule has 19 heavy (non-hydrogen) atoms. The molecule has 0 spiro atoms. The van der Waals surface area contributed by atoms with Crippen LogP contribution in [0.15, 0.2) is 18.2 Å². The van der Waals surface area contributed by atoms with Gasteiger partial charge in [-0.2, -0.15) is 0 Å². The Morgan fingerprint density at radius 2 is 1.95 bits per heavy atom. The molecule has 6 heteroatoms. The van der Waals surface area contributed by atoms with Gasteiger partial charge in [0.25, 0.3) is 0 Å². The molecule has 0 radical (unpaired) electrons. The van der Waals surface area contributed by atoms with Gasteiger partial charge in [0.15, 0.2) is 0 Å². The van der Waals surface area contributed by atoms with Gasteiger partial charge in [0, 0.05) is 21.6 Å². The molecule has 0 saturated heterocycles. The van der Waals surface area contributed by atoms with Gasteiger partial charge in [-0.25, -0.2) is 8.42 Å². The Hall–Kier alpha value is -0.450. The van der Waals surface area contributed by atoms with Crippen LogP contribution >= 0.6 is 22.3 Å². The van der Waals surface area contributed by atoms with Crippen molar-refractivity contribution in [2.45, 2.75) is 20.8 Å². The number of hydrogen-bond donors (Lipinski definition) is 0. The van der Waals surface area contributed by atoms with Crippen LogP contribution in [0.3, 0.4) is 0 Å². The lowest BCUT2D eigenvalue weighted by molar-refractivity contribution is 0.224. The van der Waals surface area contributed by atoms with Crippen LogP contribution in [0.1, 0.15) is 19.4 Å². The summed E-state index contributed by atoms with van der Waals surface area (Å²) < 4.78 is 28.0. The third-order valence-electron chi connectivity index (χ3n) is 2.96. The second-order valence-electron chi connectivity index (χ2n) is 4.93. The van der Waals surface area contributed by atoms with Crippen molar-refractivity contribution >= 4 is 31.3 Å². The summed E-state index contributed by atoms with van der Waals surface area (Å²) in [5, 5.41) is 0.590. The summed E-state index contributed by atoms with van der Waals surface area (Å²) in [5.74, 6) is 0.588. The molecule has 1 unspecified atom stereocenters. The van der Waals surface area contributed by atoms with E-state index in [0.29, 0.717) is 17.4 Å². The normalized spacial score (nSPS) is 13.6. The third kappa shape index (κ3) is 6.02. The minimum Gasteiger partial charge on any atom is -0.493 e. The Morgan fingerprint density at radius 3 is 2.47 bits per heavy atom. The van der Waals surface area contributed by atoms with Gasteiger partial charge in [-0.15, -0.1) is 0 Å². The summed E-state index contributed by atoms with van der Waals surface area (Å²) >= 11 is 5.90. The first-order valence-corrected chi connectivity index (χ1v) is 8.86. The van der Waals surface area contributed by atoms with E-state index < -0.39 is 9.05 Å². The maximum atomic E-state index is 11.2. The first-order valence-electron chi connectivity index (χ1n) is 6.00. The highest BCUT2D eigenvalue weighted by Gasteiger charge is 2.21. The van der Waals surface area contributed by atoms with Crippen molar-refractivity contribution in [1.82, 2.24) is 0 Å². The molecule has 0 bridgehead atoms. The molecule has 1 atom stereocenters. The Bertz CT molecular complexity index is 527. The van der Waals surface area contributed by atoms with Crippen molar-refractivity contribution in [3.63, 3.8) is 0 Å². The van der Waals surface area contributed by atoms with Crippen molar-refractivity contribution in [2.75, 3.05) is 12.4 Å². The van der Waals surface area contributed by atoms with E-state index >= 15 is 0 Å². The van der Waals surface area contributed by atoms with Gasteiger partial charge in [0.1, 0.15) is 5.75 Å². The second kappa shape index (κ2) is 6.82. The molecule has 108 valence electrons. The minimum atomic E-state index is -3.52. The summed E-state index contributed by atoms with van der Waals surface area (Å²) in [6.45, 7) is 6.10. The van der Waals surface area contributed by atoms with Crippen molar-refractivity contribution < 1.29 is 13.2 Å². The van der Waals surface area contributed by atoms with Crippen molar-refractivity contribution in [2.24, 2.45) is 11.8 Å². The molecule has 0 heterocycles. The maximum Gasteiger partial charge on any atom is 0.233 e. The molecule has 1 aromatic rings. The summed E-state index contributed by atoms with van der Waals surface area (Å²) in [6, 6.07) is 5.37. The predicted octanol–water partition coefficient (Wildman–Crippen LogP) is 3.87. The summed E-state index contributed by atoms with van der Waals surface area (Å²) in [6.07, 6.45) is 0. The Balaban J connectivity index is 2.74. The lowest BCUT2D eigenvalue weighted by Gasteiger charge is -2.20. The van der Waals surface area contributed by atoms with Crippen LogP contribution in [0, 0.1) is 18.8 Å². The number of rotatable bonds is 6. The summed E-state index contributed by atoms with van der Waals surface area (Å²) in [4.78, 5) is 0. The van der Waals surface area contributed by atoms with E-state index in [2.05, 4.69) is 0 Å². The highest BCUT2D eigenvalue weighted by atomic mass is 35.7. The van der Waals surface area contributed by atoms with Crippen LogP contribution in [0.25, 0.3) is 0 Å². The van der Waals surface area contributed by atoms with Crippen LogP contribution in [0.5, 0.6) is 5.75 Å². The quantitative estimate of drug-likeness (QED) is 0.746. The van der Waals surface area contributed by atoms with E-state index in [1.807, 2.05) is 26.8 Å². The fourth-order valence-electron chi connectivity index (χ4n) is 1.61. The van der Waals surface area contributed by atoms with E-state index in [-0.39, 0.29) is 17.6 Å². The maximum absolute atomic E-state index is 11.2. The molecule has 0 aromatic heterocycles. The van der Waals surface area contributed by atoms with Crippen molar-refractivity contribution in [1.29, 1.82) is 0 Å². The van der Waals surface area contributed by atoms with Crippen LogP contribution in [0.2, 0.25) is 5.02 Å². The first-order chi connectivity index (χ1) is 8.69. The molecule has 3 nitrogen and oxygen atoms in total. The molecule has 0 aliphatic heterocycles. The van der Waals surface area contributed by atoms with Gasteiger partial charge in [-0.3, -0.25) is 0 Å². The zero-order valence-corrected chi connectivity index (χ0v) is 13.5. The van der Waals surface area contributed by atoms with E-state index in [9.17, 15) is 8.42 Å². The van der Waals surface area contributed by atoms with E-state index in [1.54, 1.807) is 12.1 Å². The topological polar surface area (TPSA) is 43.4 Å². The number of aryl methyl sites for hydroxylation is 1. The standard InChI is InChI=1S/C13H18Cl2O3S/c1-9(2)11(8-19(15,16)17)7-18-13-6-12(14)5-4-10(13)3/h4-6,9,11H,7-8H2,1-3H3. The van der Waals surface area contributed by atoms with Crippen LogP contribution < -0.4 is 4.74 Å². The highest BCUT2D eigenvalue weighted by molar-refractivity contribution is 8.13. The molecular weight excluding hydrogens is 307 g/mol. The van der Waals surface area contributed by atoms with Gasteiger partial charge < -0.3 is 4.74 Å². The summed E-state index contributed by atoms with van der Waals surface area (Å²) in [7, 11) is 1.78. The van der Waals surface area contributed by atoms with E-state index in [0.717, 1.165) is 5.56 Å². The molecular formula is C13H18Cl2O3S. The van der Waals surface area contributed by atoms with Gasteiger partial charge in [0.2, 0.25) is 9.05 Å². The predicted molar refractivity (Wildman–Crippen MR) is 79.7 cm³/mol. The largest absolute Gasteiger partial charge is 0.493 e. The lowest BCUT2D eigenvalue weighted by Crippen LogP contribution is -2.24. The first kappa shape index (κ1) is 16.6. The van der Waals surface area contributed by atoms with Gasteiger partial charge >= 0.3 is 0 Å². The van der Waals surface area contributed by atoms with Gasteiger partial charge in [-0.1, -0.05) is 31.5 Å². The number of ether oxygens (including phenoxy) is 1.